The van der Waals surface area contributed by atoms with Gasteiger partial charge in [-0.3, -0.25) is 4.98 Å². The fraction of sp³-hybridized carbons (Fsp3) is 0.571. The van der Waals surface area contributed by atoms with Crippen molar-refractivity contribution < 1.29 is 4.79 Å². The number of carbonyl (C=O) groups is 1. The number of rotatable bonds is 3. The highest BCUT2D eigenvalue weighted by molar-refractivity contribution is 5.89. The van der Waals surface area contributed by atoms with E-state index in [1.807, 2.05) is 26.0 Å². The zero-order chi connectivity index (χ0) is 13.8. The van der Waals surface area contributed by atoms with Gasteiger partial charge in [0.2, 0.25) is 0 Å². The Labute approximate surface area is 109 Å². The van der Waals surface area contributed by atoms with E-state index in [1.54, 1.807) is 11.1 Å². The van der Waals surface area contributed by atoms with Gasteiger partial charge in [0.1, 0.15) is 0 Å². The van der Waals surface area contributed by atoms with Crippen molar-refractivity contribution in [2.45, 2.75) is 40.0 Å². The summed E-state index contributed by atoms with van der Waals surface area (Å²) >= 11 is 0. The second kappa shape index (κ2) is 5.85. The van der Waals surface area contributed by atoms with E-state index in [2.05, 4.69) is 31.1 Å². The van der Waals surface area contributed by atoms with Crippen molar-refractivity contribution in [3.05, 3.63) is 24.0 Å². The third-order valence-corrected chi connectivity index (χ3v) is 2.83. The second-order valence-electron chi connectivity index (χ2n) is 5.28. The van der Waals surface area contributed by atoms with Crippen LogP contribution >= 0.6 is 0 Å². The van der Waals surface area contributed by atoms with Crippen LogP contribution in [0.2, 0.25) is 0 Å². The van der Waals surface area contributed by atoms with Crippen LogP contribution in [0, 0.1) is 0 Å². The zero-order valence-electron chi connectivity index (χ0n) is 11.9. The van der Waals surface area contributed by atoms with E-state index in [9.17, 15) is 4.79 Å². The summed E-state index contributed by atoms with van der Waals surface area (Å²) in [4.78, 5) is 18.0. The van der Waals surface area contributed by atoms with Gasteiger partial charge < -0.3 is 10.2 Å². The molecule has 1 N–H and O–H groups in total. The molecule has 0 aromatic carbocycles. The third kappa shape index (κ3) is 3.72. The van der Waals surface area contributed by atoms with Crippen LogP contribution in [0.25, 0.3) is 0 Å². The average molecular weight is 249 g/mol. The fourth-order valence-corrected chi connectivity index (χ4v) is 1.63. The average Bonchev–Trinajstić information content (AvgIpc) is 2.29. The van der Waals surface area contributed by atoms with Gasteiger partial charge >= 0.3 is 6.03 Å². The van der Waals surface area contributed by atoms with Gasteiger partial charge in [0.25, 0.3) is 0 Å². The molecule has 1 aromatic rings. The molecular weight excluding hydrogens is 226 g/mol. The molecule has 0 atom stereocenters. The van der Waals surface area contributed by atoms with Crippen molar-refractivity contribution in [1.29, 1.82) is 0 Å². The van der Waals surface area contributed by atoms with Crippen LogP contribution in [0.5, 0.6) is 0 Å². The monoisotopic (exact) mass is 249 g/mol. The van der Waals surface area contributed by atoms with Gasteiger partial charge in [0.05, 0.1) is 0 Å². The number of hydrogen-bond donors (Lipinski definition) is 1. The lowest BCUT2D eigenvalue weighted by molar-refractivity contribution is 0.217. The largest absolute Gasteiger partial charge is 0.325 e. The van der Waals surface area contributed by atoms with E-state index in [1.165, 1.54) is 0 Å². The topological polar surface area (TPSA) is 45.2 Å². The Kier molecular flexibility index (Phi) is 4.70. The standard InChI is InChI=1S/C14H23N3O/c1-6-17(7-2)13(18)16-11-8-9-15-12(10-11)14(3,4)5/h8-10H,6-7H2,1-5H3,(H,15,16,18). The first-order valence-electron chi connectivity index (χ1n) is 6.41. The molecule has 100 valence electrons. The van der Waals surface area contributed by atoms with E-state index < -0.39 is 0 Å². The molecule has 1 heterocycles. The lowest BCUT2D eigenvalue weighted by atomic mass is 9.91. The summed E-state index contributed by atoms with van der Waals surface area (Å²) in [6.07, 6.45) is 1.73. The highest BCUT2D eigenvalue weighted by Crippen LogP contribution is 2.22. The summed E-state index contributed by atoms with van der Waals surface area (Å²) in [6, 6.07) is 3.68. The predicted octanol–water partition coefficient (Wildman–Crippen LogP) is 3.25. The second-order valence-corrected chi connectivity index (χ2v) is 5.28. The molecule has 0 saturated carbocycles. The van der Waals surface area contributed by atoms with Crippen molar-refractivity contribution in [3.63, 3.8) is 0 Å². The summed E-state index contributed by atoms with van der Waals surface area (Å²) in [6.45, 7) is 11.7. The molecule has 0 radical (unpaired) electrons. The van der Waals surface area contributed by atoms with Crippen LogP contribution in [-0.4, -0.2) is 29.0 Å². The predicted molar refractivity (Wildman–Crippen MR) is 74.9 cm³/mol. The first-order valence-corrected chi connectivity index (χ1v) is 6.41. The molecule has 0 fully saturated rings. The Balaban J connectivity index is 2.83. The normalized spacial score (nSPS) is 11.2. The number of carbonyl (C=O) groups excluding carboxylic acids is 1. The zero-order valence-corrected chi connectivity index (χ0v) is 11.9. The fourth-order valence-electron chi connectivity index (χ4n) is 1.63. The van der Waals surface area contributed by atoms with Gasteiger partial charge in [-0.25, -0.2) is 4.79 Å². The number of nitrogens with one attached hydrogen (secondary N) is 1. The highest BCUT2D eigenvalue weighted by atomic mass is 16.2. The third-order valence-electron chi connectivity index (χ3n) is 2.83. The first-order chi connectivity index (χ1) is 8.38. The number of hydrogen-bond acceptors (Lipinski definition) is 2. The maximum absolute atomic E-state index is 11.9. The quantitative estimate of drug-likeness (QED) is 0.893. The maximum atomic E-state index is 11.9. The minimum atomic E-state index is -0.0638. The first kappa shape index (κ1) is 14.5. The molecule has 0 aliphatic carbocycles. The molecule has 0 saturated heterocycles. The molecule has 2 amide bonds. The number of anilines is 1. The molecule has 4 heteroatoms. The van der Waals surface area contributed by atoms with Crippen LogP contribution in [0.4, 0.5) is 10.5 Å². The van der Waals surface area contributed by atoms with Crippen LogP contribution in [-0.2, 0) is 5.41 Å². The Hall–Kier alpha value is -1.58. The Morgan fingerprint density at radius 1 is 1.33 bits per heavy atom. The van der Waals surface area contributed by atoms with Crippen molar-refractivity contribution in [2.24, 2.45) is 0 Å². The Bertz CT molecular complexity index is 406. The maximum Gasteiger partial charge on any atom is 0.321 e. The minimum absolute atomic E-state index is 0.0179. The van der Waals surface area contributed by atoms with Crippen molar-refractivity contribution in [3.8, 4) is 0 Å². The van der Waals surface area contributed by atoms with Crippen LogP contribution in [0.15, 0.2) is 18.3 Å². The molecule has 18 heavy (non-hydrogen) atoms. The van der Waals surface area contributed by atoms with Gasteiger partial charge in [-0.05, 0) is 26.0 Å². The lowest BCUT2D eigenvalue weighted by Crippen LogP contribution is -2.34. The summed E-state index contributed by atoms with van der Waals surface area (Å²) in [7, 11) is 0. The molecule has 1 rings (SSSR count). The smallest absolute Gasteiger partial charge is 0.321 e. The van der Waals surface area contributed by atoms with Gasteiger partial charge in [-0.1, -0.05) is 20.8 Å². The lowest BCUT2D eigenvalue weighted by Gasteiger charge is -2.21. The molecule has 4 nitrogen and oxygen atoms in total. The molecular formula is C14H23N3O. The number of amides is 2. The number of urea groups is 1. The number of pyridine rings is 1. The number of nitrogens with zero attached hydrogens (tertiary/aromatic N) is 2. The van der Waals surface area contributed by atoms with Gasteiger partial charge in [0.15, 0.2) is 0 Å². The van der Waals surface area contributed by atoms with Gasteiger partial charge in [0, 0.05) is 36.1 Å². The highest BCUT2D eigenvalue weighted by Gasteiger charge is 2.16. The van der Waals surface area contributed by atoms with E-state index >= 15 is 0 Å². The van der Waals surface area contributed by atoms with E-state index in [4.69, 9.17) is 0 Å². The van der Waals surface area contributed by atoms with Crippen LogP contribution in [0.1, 0.15) is 40.3 Å². The molecule has 0 unspecified atom stereocenters. The van der Waals surface area contributed by atoms with Crippen molar-refractivity contribution in [1.82, 2.24) is 9.88 Å². The van der Waals surface area contributed by atoms with Gasteiger partial charge in [-0.2, -0.15) is 0 Å². The van der Waals surface area contributed by atoms with Crippen molar-refractivity contribution >= 4 is 11.7 Å². The summed E-state index contributed by atoms with van der Waals surface area (Å²) in [5, 5.41) is 2.90. The van der Waals surface area contributed by atoms with Crippen molar-refractivity contribution in [2.75, 3.05) is 18.4 Å². The van der Waals surface area contributed by atoms with E-state index in [0.717, 1.165) is 11.4 Å². The van der Waals surface area contributed by atoms with Gasteiger partial charge in [-0.15, -0.1) is 0 Å². The minimum Gasteiger partial charge on any atom is -0.325 e. The molecule has 0 spiro atoms. The van der Waals surface area contributed by atoms with Crippen LogP contribution in [0.3, 0.4) is 0 Å². The molecule has 1 aromatic heterocycles. The Morgan fingerprint density at radius 2 is 1.94 bits per heavy atom. The van der Waals surface area contributed by atoms with Crippen LogP contribution < -0.4 is 5.32 Å². The van der Waals surface area contributed by atoms with E-state index in [-0.39, 0.29) is 11.4 Å². The van der Waals surface area contributed by atoms with E-state index in [0.29, 0.717) is 13.1 Å². The molecule has 0 aliphatic heterocycles. The molecule has 0 aliphatic rings. The summed E-state index contributed by atoms with van der Waals surface area (Å²) < 4.78 is 0. The summed E-state index contributed by atoms with van der Waals surface area (Å²) in [5.41, 5.74) is 1.75. The number of aromatic nitrogens is 1. The molecule has 0 bridgehead atoms. The summed E-state index contributed by atoms with van der Waals surface area (Å²) in [5.74, 6) is 0. The SMILES string of the molecule is CCN(CC)C(=O)Nc1ccnc(C(C)(C)C)c1. The Morgan fingerprint density at radius 3 is 2.44 bits per heavy atom.